The van der Waals surface area contributed by atoms with Crippen LogP contribution in [-0.2, 0) is 9.84 Å². The Bertz CT molecular complexity index is 1390. The fraction of sp³-hybridized carbons (Fsp3) is 0.0556. The molecule has 2 aromatic carbocycles. The molecule has 2 aromatic heterocycles. The number of halogens is 3. The summed E-state index contributed by atoms with van der Waals surface area (Å²) in [7, 11) is -3.88. The molecule has 2 heterocycles. The van der Waals surface area contributed by atoms with E-state index in [1.54, 1.807) is 24.3 Å². The van der Waals surface area contributed by atoms with Crippen LogP contribution in [0.2, 0.25) is 5.02 Å². The number of aromatic nitrogens is 4. The normalized spacial score (nSPS) is 11.9. The molecule has 0 unspecified atom stereocenters. The first-order valence-corrected chi connectivity index (χ1v) is 10.4. The third-order valence-corrected chi connectivity index (χ3v) is 5.33. The van der Waals surface area contributed by atoms with E-state index >= 15 is 0 Å². The van der Waals surface area contributed by atoms with E-state index in [4.69, 9.17) is 17.3 Å². The predicted molar refractivity (Wildman–Crippen MR) is 105 cm³/mol. The number of fused-ring (bicyclic) bond motifs is 1. The molecule has 4 rings (SSSR count). The fourth-order valence-electron chi connectivity index (χ4n) is 2.85. The summed E-state index contributed by atoms with van der Waals surface area (Å²) >= 11 is 6.21. The third-order valence-electron chi connectivity index (χ3n) is 4.17. The number of nitrogens with zero attached hydrogens (tertiary/aromatic N) is 4. The van der Waals surface area contributed by atoms with Crippen LogP contribution in [0.1, 0.15) is 0 Å². The lowest BCUT2D eigenvalue weighted by Crippen LogP contribution is -2.06. The van der Waals surface area contributed by atoms with Crippen molar-refractivity contribution >= 4 is 38.3 Å². The standard InChI is InChI=1S/C18H12ClF2N5O2S/c1-29(27,28)18-23-15(9-5-4-7-11(20)14(9)21)13-16(22)26(25-17(13)24-18)12-8-3-2-6-10(12)19/h2-8H,22H2,1H3. The molecule has 4 aromatic rings. The van der Waals surface area contributed by atoms with Gasteiger partial charge in [-0.05, 0) is 24.3 Å². The van der Waals surface area contributed by atoms with Crippen LogP contribution in [0.3, 0.4) is 0 Å². The highest BCUT2D eigenvalue weighted by Gasteiger charge is 2.25. The lowest BCUT2D eigenvalue weighted by atomic mass is 10.1. The quantitative estimate of drug-likeness (QED) is 0.494. The maximum atomic E-state index is 14.5. The highest BCUT2D eigenvalue weighted by molar-refractivity contribution is 7.90. The average Bonchev–Trinajstić information content (AvgIpc) is 3.00. The molecule has 11 heteroatoms. The Morgan fingerprint density at radius 2 is 1.79 bits per heavy atom. The van der Waals surface area contributed by atoms with Gasteiger partial charge in [0, 0.05) is 11.8 Å². The molecular formula is C18H12ClF2N5O2S. The zero-order chi connectivity index (χ0) is 20.9. The molecule has 0 radical (unpaired) electrons. The summed E-state index contributed by atoms with van der Waals surface area (Å²) in [5.74, 6) is -2.32. The molecule has 0 fully saturated rings. The van der Waals surface area contributed by atoms with Crippen molar-refractivity contribution in [3.05, 3.63) is 59.1 Å². The monoisotopic (exact) mass is 435 g/mol. The lowest BCUT2D eigenvalue weighted by molar-refractivity contribution is 0.511. The lowest BCUT2D eigenvalue weighted by Gasteiger charge is -2.08. The summed E-state index contributed by atoms with van der Waals surface area (Å²) in [5.41, 5.74) is 6.06. The molecule has 0 amide bonds. The first kappa shape index (κ1) is 19.2. The number of benzene rings is 2. The van der Waals surface area contributed by atoms with Crippen LogP contribution >= 0.6 is 11.6 Å². The molecule has 0 aliphatic rings. The molecule has 0 bridgehead atoms. The van der Waals surface area contributed by atoms with Crippen LogP contribution in [0, 0.1) is 11.6 Å². The summed E-state index contributed by atoms with van der Waals surface area (Å²) in [6, 6.07) is 10.1. The molecule has 0 saturated carbocycles. The summed E-state index contributed by atoms with van der Waals surface area (Å²) < 4.78 is 53.7. The molecule has 0 aliphatic carbocycles. The van der Waals surface area contributed by atoms with Gasteiger partial charge in [0.2, 0.25) is 15.0 Å². The molecule has 7 nitrogen and oxygen atoms in total. The highest BCUT2D eigenvalue weighted by atomic mass is 35.5. The maximum absolute atomic E-state index is 14.5. The van der Waals surface area contributed by atoms with Crippen LogP contribution in [0.4, 0.5) is 14.6 Å². The maximum Gasteiger partial charge on any atom is 0.249 e. The fourth-order valence-corrected chi connectivity index (χ4v) is 3.57. The van der Waals surface area contributed by atoms with Crippen molar-refractivity contribution in [1.82, 2.24) is 19.7 Å². The SMILES string of the molecule is CS(=O)(=O)c1nc(-c2cccc(F)c2F)c2c(N)n(-c3ccccc3Cl)nc2n1. The van der Waals surface area contributed by atoms with E-state index in [0.29, 0.717) is 10.7 Å². The zero-order valence-electron chi connectivity index (χ0n) is 14.8. The largest absolute Gasteiger partial charge is 0.383 e. The van der Waals surface area contributed by atoms with Crippen LogP contribution in [0.5, 0.6) is 0 Å². The average molecular weight is 436 g/mol. The Morgan fingerprint density at radius 3 is 2.48 bits per heavy atom. The van der Waals surface area contributed by atoms with Crippen LogP contribution in [0.25, 0.3) is 28.0 Å². The van der Waals surface area contributed by atoms with E-state index in [-0.39, 0.29) is 28.1 Å². The number of anilines is 1. The number of nitrogen functional groups attached to an aromatic ring is 1. The minimum Gasteiger partial charge on any atom is -0.383 e. The second kappa shape index (κ2) is 6.75. The van der Waals surface area contributed by atoms with Crippen LogP contribution in [0.15, 0.2) is 47.6 Å². The summed E-state index contributed by atoms with van der Waals surface area (Å²) in [6.45, 7) is 0. The van der Waals surface area contributed by atoms with Gasteiger partial charge in [0.1, 0.15) is 5.82 Å². The van der Waals surface area contributed by atoms with Gasteiger partial charge in [-0.1, -0.05) is 29.8 Å². The third kappa shape index (κ3) is 3.19. The predicted octanol–water partition coefficient (Wildman–Crippen LogP) is 3.40. The second-order valence-electron chi connectivity index (χ2n) is 6.18. The number of nitrogens with two attached hydrogens (primary N) is 1. The number of hydrogen-bond acceptors (Lipinski definition) is 6. The molecule has 0 spiro atoms. The molecule has 0 atom stereocenters. The number of para-hydroxylation sites is 1. The van der Waals surface area contributed by atoms with Crippen molar-refractivity contribution in [2.24, 2.45) is 0 Å². The number of sulfone groups is 1. The van der Waals surface area contributed by atoms with E-state index in [1.165, 1.54) is 16.8 Å². The van der Waals surface area contributed by atoms with Crippen molar-refractivity contribution in [1.29, 1.82) is 0 Å². The molecule has 148 valence electrons. The Hall–Kier alpha value is -3.11. The zero-order valence-corrected chi connectivity index (χ0v) is 16.3. The topological polar surface area (TPSA) is 104 Å². The van der Waals surface area contributed by atoms with Gasteiger partial charge < -0.3 is 5.73 Å². The second-order valence-corrected chi connectivity index (χ2v) is 8.49. The van der Waals surface area contributed by atoms with E-state index in [1.807, 2.05) is 0 Å². The number of hydrogen-bond donors (Lipinski definition) is 1. The summed E-state index contributed by atoms with van der Waals surface area (Å²) in [5, 5.41) is 4.03. The van der Waals surface area contributed by atoms with Gasteiger partial charge in [-0.25, -0.2) is 26.9 Å². The van der Waals surface area contributed by atoms with Crippen molar-refractivity contribution in [2.75, 3.05) is 12.0 Å². The van der Waals surface area contributed by atoms with Crippen LogP contribution < -0.4 is 5.73 Å². The van der Waals surface area contributed by atoms with E-state index in [9.17, 15) is 17.2 Å². The Morgan fingerprint density at radius 1 is 1.07 bits per heavy atom. The number of rotatable bonds is 3. The highest BCUT2D eigenvalue weighted by Crippen LogP contribution is 2.35. The van der Waals surface area contributed by atoms with E-state index in [0.717, 1.165) is 12.3 Å². The van der Waals surface area contributed by atoms with Crippen LogP contribution in [-0.4, -0.2) is 34.4 Å². The van der Waals surface area contributed by atoms with Gasteiger partial charge in [-0.3, -0.25) is 0 Å². The van der Waals surface area contributed by atoms with E-state index in [2.05, 4.69) is 15.1 Å². The van der Waals surface area contributed by atoms with Crippen molar-refractivity contribution in [3.63, 3.8) is 0 Å². The Labute approximate surface area is 168 Å². The Balaban J connectivity index is 2.14. The summed E-state index contributed by atoms with van der Waals surface area (Å²) in [6.07, 6.45) is 0.897. The first-order chi connectivity index (χ1) is 13.7. The minimum atomic E-state index is -3.88. The first-order valence-electron chi connectivity index (χ1n) is 8.14. The Kier molecular flexibility index (Phi) is 4.47. The molecule has 2 N–H and O–H groups in total. The van der Waals surface area contributed by atoms with Gasteiger partial charge in [0.15, 0.2) is 17.3 Å². The smallest absolute Gasteiger partial charge is 0.249 e. The van der Waals surface area contributed by atoms with Crippen molar-refractivity contribution in [3.8, 4) is 16.9 Å². The molecule has 0 aliphatic heterocycles. The molecule has 0 saturated heterocycles. The van der Waals surface area contributed by atoms with Gasteiger partial charge >= 0.3 is 0 Å². The molecular weight excluding hydrogens is 424 g/mol. The molecule has 29 heavy (non-hydrogen) atoms. The van der Waals surface area contributed by atoms with Crippen molar-refractivity contribution < 1.29 is 17.2 Å². The van der Waals surface area contributed by atoms with Gasteiger partial charge in [-0.2, -0.15) is 4.98 Å². The van der Waals surface area contributed by atoms with Crippen molar-refractivity contribution in [2.45, 2.75) is 5.16 Å². The van der Waals surface area contributed by atoms with Gasteiger partial charge in [0.25, 0.3) is 0 Å². The van der Waals surface area contributed by atoms with Gasteiger partial charge in [0.05, 0.1) is 21.8 Å². The summed E-state index contributed by atoms with van der Waals surface area (Å²) in [4.78, 5) is 7.91. The van der Waals surface area contributed by atoms with E-state index < -0.39 is 26.6 Å². The van der Waals surface area contributed by atoms with Gasteiger partial charge in [-0.15, -0.1) is 5.10 Å². The minimum absolute atomic E-state index is 0.00758.